The Labute approximate surface area is 421 Å². The zero-order chi connectivity index (χ0) is 55.4. The Bertz CT molecular complexity index is 1890. The Kier molecular flexibility index (Phi) is 31.1. The van der Waals surface area contributed by atoms with Crippen molar-refractivity contribution in [2.24, 2.45) is 45.3 Å². The highest BCUT2D eigenvalue weighted by atomic mass is 32.2. The number of hydrogen-bond donors (Lipinski definition) is 17. The number of guanidine groups is 1. The quantitative estimate of drug-likeness (QED) is 0.0157. The zero-order valence-corrected chi connectivity index (χ0v) is 42.4. The van der Waals surface area contributed by atoms with E-state index < -0.39 is 144 Å². The molecule has 0 aliphatic carbocycles. The molecule has 0 aromatic rings. The number of hydrogen-bond acceptors (Lipinski definition) is 17. The van der Waals surface area contributed by atoms with Crippen molar-refractivity contribution in [2.75, 3.05) is 25.1 Å². The van der Waals surface area contributed by atoms with Crippen LogP contribution in [0.5, 0.6) is 0 Å². The molecule has 0 aromatic carbocycles. The van der Waals surface area contributed by atoms with Gasteiger partial charge in [0.1, 0.15) is 48.3 Å². The number of unbranched alkanes of at least 4 members (excludes halogenated alkanes) is 1. The van der Waals surface area contributed by atoms with E-state index in [9.17, 15) is 68.1 Å². The van der Waals surface area contributed by atoms with Crippen molar-refractivity contribution in [3.63, 3.8) is 0 Å². The van der Waals surface area contributed by atoms with E-state index in [1.807, 2.05) is 0 Å². The summed E-state index contributed by atoms with van der Waals surface area (Å²) < 4.78 is 0. The van der Waals surface area contributed by atoms with Gasteiger partial charge in [0, 0.05) is 13.0 Å². The molecule has 30 heteroatoms. The lowest BCUT2D eigenvalue weighted by Gasteiger charge is -2.28. The second-order valence-electron chi connectivity index (χ2n) is 17.3. The maximum Gasteiger partial charge on any atom is 0.326 e. The highest BCUT2D eigenvalue weighted by Crippen LogP contribution is 2.10. The molecular weight excluding hydrogens is 971 g/mol. The summed E-state index contributed by atoms with van der Waals surface area (Å²) >= 11 is 1.31. The number of carbonyl (C=O) groups is 11. The number of nitrogens with zero attached hydrogens (tertiary/aromatic N) is 1. The Morgan fingerprint density at radius 2 is 0.958 bits per heavy atom. The molecule has 23 N–H and O–H groups in total. The number of carbonyl (C=O) groups excluding carboxylic acids is 10. The maximum atomic E-state index is 13.9. The van der Waals surface area contributed by atoms with E-state index in [-0.39, 0.29) is 64.0 Å². The number of carboxylic acids is 1. The van der Waals surface area contributed by atoms with Gasteiger partial charge >= 0.3 is 5.97 Å². The van der Waals surface area contributed by atoms with Crippen LogP contribution in [0.2, 0.25) is 0 Å². The Morgan fingerprint density at radius 3 is 1.39 bits per heavy atom. The van der Waals surface area contributed by atoms with Crippen LogP contribution in [-0.2, 0) is 52.7 Å². The Hall–Kier alpha value is -6.37. The number of rotatable bonds is 36. The fourth-order valence-corrected chi connectivity index (χ4v) is 6.94. The highest BCUT2D eigenvalue weighted by molar-refractivity contribution is 7.98. The first-order valence-corrected chi connectivity index (χ1v) is 24.6. The number of thioether (sulfide) groups is 1. The lowest BCUT2D eigenvalue weighted by molar-refractivity contribution is -0.143. The van der Waals surface area contributed by atoms with Crippen molar-refractivity contribution in [1.82, 2.24) is 42.5 Å². The summed E-state index contributed by atoms with van der Waals surface area (Å²) in [5, 5.41) is 49.8. The standard InChI is InChI=1S/C42H77N15O14S/c1-19(2)30(41(70)71)55-38(67)26(12-13-28(45)60)51-37(66)27(14-17-72-6)52-36(65)24(10-7-8-15-43)53-39(68)31(21(4)58)56-33(62)20(3)50-35(64)25(11-9-16-49-42(47)48)54-40(69)32(22(5)59)57-34(63)23(44)18-29(46)61/h19-27,30-32,58-59H,7-18,43-44H2,1-6H3,(H2,45,60)(H2,46,61)(H,50,64)(H,51,66)(H,52,65)(H,53,68)(H,54,69)(H,55,67)(H,56,62)(H,57,63)(H,70,71)(H4,47,48,49)/t20-,21+,22+,23-,24-,25-,26-,27-,30-,31-,32-/m0/s1. The third-order valence-electron chi connectivity index (χ3n) is 10.6. The summed E-state index contributed by atoms with van der Waals surface area (Å²) in [4.78, 5) is 146. The molecule has 0 aromatic heterocycles. The minimum absolute atomic E-state index is 0.00228. The molecule has 0 heterocycles. The zero-order valence-electron chi connectivity index (χ0n) is 41.6. The number of carboxylic acid groups (broad SMARTS) is 1. The molecule has 410 valence electrons. The van der Waals surface area contributed by atoms with Gasteiger partial charge in [-0.3, -0.25) is 52.9 Å². The summed E-state index contributed by atoms with van der Waals surface area (Å²) in [5.74, 6) is -11.4. The molecule has 0 aliphatic heterocycles. The molecule has 0 saturated heterocycles. The molecule has 0 rings (SSSR count). The first-order chi connectivity index (χ1) is 33.6. The van der Waals surface area contributed by atoms with Crippen molar-refractivity contribution in [3.8, 4) is 0 Å². The predicted molar refractivity (Wildman–Crippen MR) is 263 cm³/mol. The van der Waals surface area contributed by atoms with Crippen LogP contribution in [0.3, 0.4) is 0 Å². The Balaban J connectivity index is 6.46. The molecule has 0 saturated carbocycles. The van der Waals surface area contributed by atoms with Crippen LogP contribution in [-0.4, -0.2) is 178 Å². The second kappa shape index (κ2) is 34.1. The lowest BCUT2D eigenvalue weighted by atomic mass is 10.0. The van der Waals surface area contributed by atoms with Crippen LogP contribution >= 0.6 is 11.8 Å². The maximum absolute atomic E-state index is 13.9. The van der Waals surface area contributed by atoms with Crippen molar-refractivity contribution in [1.29, 1.82) is 0 Å². The fraction of sp³-hybridized carbons (Fsp3) is 0.714. The van der Waals surface area contributed by atoms with Crippen LogP contribution in [0.1, 0.15) is 92.4 Å². The van der Waals surface area contributed by atoms with Gasteiger partial charge < -0.3 is 92.3 Å². The van der Waals surface area contributed by atoms with Crippen LogP contribution in [0.15, 0.2) is 4.99 Å². The molecule has 0 fully saturated rings. The molecule has 0 aliphatic rings. The van der Waals surface area contributed by atoms with Gasteiger partial charge in [0.15, 0.2) is 5.96 Å². The van der Waals surface area contributed by atoms with Crippen LogP contribution < -0.4 is 76.9 Å². The number of amides is 10. The Morgan fingerprint density at radius 1 is 0.528 bits per heavy atom. The van der Waals surface area contributed by atoms with Crippen molar-refractivity contribution in [3.05, 3.63) is 0 Å². The number of aliphatic hydroxyl groups excluding tert-OH is 2. The third-order valence-corrected chi connectivity index (χ3v) is 11.2. The van der Waals surface area contributed by atoms with E-state index in [2.05, 4.69) is 47.5 Å². The lowest BCUT2D eigenvalue weighted by Crippen LogP contribution is -2.62. The SMILES string of the molecule is CSCC[C@H](NC(=O)[C@H](CCCCN)NC(=O)[C@@H](NC(=O)[C@H](C)NC(=O)[C@H](CCCN=C(N)N)NC(=O)[C@@H](NC(=O)[C@@H](N)CC(N)=O)[C@@H](C)O)[C@@H](C)O)C(=O)N[C@@H](CCC(N)=O)C(=O)N[C@H](C(=O)O)C(C)C. The van der Waals surface area contributed by atoms with Crippen molar-refractivity contribution in [2.45, 2.75) is 159 Å². The van der Waals surface area contributed by atoms with E-state index in [4.69, 9.17) is 34.4 Å². The molecule has 10 amide bonds. The molecule has 0 unspecified atom stereocenters. The van der Waals surface area contributed by atoms with Gasteiger partial charge in [0.25, 0.3) is 0 Å². The smallest absolute Gasteiger partial charge is 0.326 e. The number of primary amides is 2. The van der Waals surface area contributed by atoms with Gasteiger partial charge in [-0.15, -0.1) is 0 Å². The molecular formula is C42H77N15O14S. The van der Waals surface area contributed by atoms with E-state index in [0.717, 1.165) is 13.8 Å². The van der Waals surface area contributed by atoms with Gasteiger partial charge in [-0.2, -0.15) is 11.8 Å². The van der Waals surface area contributed by atoms with E-state index in [1.165, 1.54) is 18.7 Å². The normalized spacial score (nSPS) is 15.7. The van der Waals surface area contributed by atoms with Gasteiger partial charge in [0.2, 0.25) is 59.1 Å². The first kappa shape index (κ1) is 65.6. The average Bonchev–Trinajstić information content (AvgIpc) is 3.28. The van der Waals surface area contributed by atoms with Gasteiger partial charge in [-0.25, -0.2) is 4.79 Å². The van der Waals surface area contributed by atoms with Crippen LogP contribution in [0, 0.1) is 5.92 Å². The highest BCUT2D eigenvalue weighted by Gasteiger charge is 2.36. The molecule has 0 radical (unpaired) electrons. The van der Waals surface area contributed by atoms with Crippen LogP contribution in [0.25, 0.3) is 0 Å². The van der Waals surface area contributed by atoms with E-state index in [1.54, 1.807) is 20.1 Å². The van der Waals surface area contributed by atoms with Crippen molar-refractivity contribution < 1.29 is 68.1 Å². The molecule has 0 bridgehead atoms. The van der Waals surface area contributed by atoms with E-state index in [0.29, 0.717) is 12.2 Å². The van der Waals surface area contributed by atoms with Crippen LogP contribution in [0.4, 0.5) is 0 Å². The monoisotopic (exact) mass is 1050 g/mol. The summed E-state index contributed by atoms with van der Waals surface area (Å²) in [5.41, 5.74) is 32.5. The third kappa shape index (κ3) is 25.7. The van der Waals surface area contributed by atoms with E-state index >= 15 is 0 Å². The average molecular weight is 1050 g/mol. The molecule has 11 atom stereocenters. The molecule has 29 nitrogen and oxygen atoms in total. The number of aliphatic hydroxyl groups is 2. The van der Waals surface area contributed by atoms with Crippen molar-refractivity contribution >= 4 is 82.8 Å². The number of aliphatic imine (C=N–C) groups is 1. The largest absolute Gasteiger partial charge is 0.480 e. The first-order valence-electron chi connectivity index (χ1n) is 23.2. The molecule has 0 spiro atoms. The van der Waals surface area contributed by atoms with Gasteiger partial charge in [0.05, 0.1) is 24.7 Å². The van der Waals surface area contributed by atoms with Gasteiger partial charge in [-0.1, -0.05) is 13.8 Å². The summed E-state index contributed by atoms with van der Waals surface area (Å²) in [6.07, 6.45) is -2.16. The predicted octanol–water partition coefficient (Wildman–Crippen LogP) is -7.21. The fourth-order valence-electron chi connectivity index (χ4n) is 6.47. The minimum Gasteiger partial charge on any atom is -0.480 e. The topological polar surface area (TPSA) is 513 Å². The minimum atomic E-state index is -1.76. The number of aliphatic carboxylic acids is 1. The second-order valence-corrected chi connectivity index (χ2v) is 18.3. The van der Waals surface area contributed by atoms with Gasteiger partial charge in [-0.05, 0) is 90.2 Å². The number of nitrogens with one attached hydrogen (secondary N) is 8. The summed E-state index contributed by atoms with van der Waals surface area (Å²) in [7, 11) is 0. The summed E-state index contributed by atoms with van der Waals surface area (Å²) in [6, 6.07) is -13.4. The molecule has 72 heavy (non-hydrogen) atoms. The number of nitrogens with two attached hydrogens (primary N) is 6. The summed E-state index contributed by atoms with van der Waals surface area (Å²) in [6.45, 7) is 6.82.